The first-order valence-corrected chi connectivity index (χ1v) is 11.0. The molecule has 2 atom stereocenters. The van der Waals surface area contributed by atoms with Gasteiger partial charge in [0.25, 0.3) is 5.91 Å². The first-order chi connectivity index (χ1) is 14.7. The Labute approximate surface area is 177 Å². The second-order valence-corrected chi connectivity index (χ2v) is 8.53. The molecule has 4 aromatic rings. The average molecular weight is 419 g/mol. The highest BCUT2D eigenvalue weighted by molar-refractivity contribution is 7.17. The number of thiophene rings is 1. The van der Waals surface area contributed by atoms with Crippen molar-refractivity contribution in [1.82, 2.24) is 15.0 Å². The molecule has 1 fully saturated rings. The Morgan fingerprint density at radius 1 is 1.17 bits per heavy atom. The molecule has 1 amide bonds. The molecule has 1 aromatic carbocycles. The third-order valence-electron chi connectivity index (χ3n) is 5.55. The topological polar surface area (TPSA) is 106 Å². The fourth-order valence-electron chi connectivity index (χ4n) is 3.92. The zero-order valence-electron chi connectivity index (χ0n) is 16.3. The lowest BCUT2D eigenvalue weighted by Gasteiger charge is -2.29. The summed E-state index contributed by atoms with van der Waals surface area (Å²) in [5.41, 5.74) is 9.05. The van der Waals surface area contributed by atoms with E-state index in [9.17, 15) is 4.79 Å². The third kappa shape index (κ3) is 3.71. The summed E-state index contributed by atoms with van der Waals surface area (Å²) in [5, 5.41) is 9.14. The van der Waals surface area contributed by atoms with Crippen LogP contribution in [-0.4, -0.2) is 32.9 Å². The van der Waals surface area contributed by atoms with E-state index in [1.54, 1.807) is 12.4 Å². The monoisotopic (exact) mass is 418 g/mol. The van der Waals surface area contributed by atoms with Crippen molar-refractivity contribution in [1.29, 1.82) is 0 Å². The molecule has 0 spiro atoms. The number of carbonyl (C=O) groups is 1. The molecule has 1 aliphatic rings. The van der Waals surface area contributed by atoms with E-state index in [-0.39, 0.29) is 18.0 Å². The van der Waals surface area contributed by atoms with Gasteiger partial charge in [-0.25, -0.2) is 9.97 Å². The summed E-state index contributed by atoms with van der Waals surface area (Å²) in [5.74, 6) is 0.331. The normalized spacial score (nSPS) is 19.1. The number of pyridine rings is 1. The number of nitrogens with one attached hydrogen (secondary N) is 2. The highest BCUT2D eigenvalue weighted by Crippen LogP contribution is 2.27. The Morgan fingerprint density at radius 2 is 2.07 bits per heavy atom. The van der Waals surface area contributed by atoms with Gasteiger partial charge in [-0.2, -0.15) is 0 Å². The number of hydrogen-bond acceptors (Lipinski definition) is 7. The molecule has 4 N–H and O–H groups in total. The molecule has 8 heteroatoms. The van der Waals surface area contributed by atoms with Crippen LogP contribution in [0.1, 0.15) is 36.0 Å². The third-order valence-corrected chi connectivity index (χ3v) is 6.46. The first kappa shape index (κ1) is 18.9. The molecule has 7 nitrogen and oxygen atoms in total. The molecule has 152 valence electrons. The molecule has 3 aromatic heterocycles. The molecule has 0 radical (unpaired) electrons. The van der Waals surface area contributed by atoms with Crippen LogP contribution in [-0.2, 0) is 0 Å². The van der Waals surface area contributed by atoms with Gasteiger partial charge in [-0.1, -0.05) is 18.9 Å². The van der Waals surface area contributed by atoms with Crippen LogP contribution in [0.3, 0.4) is 0 Å². The van der Waals surface area contributed by atoms with Crippen molar-refractivity contribution in [3.63, 3.8) is 0 Å². The molecule has 0 bridgehead atoms. The molecule has 0 aliphatic heterocycles. The number of aromatic nitrogens is 3. The molecule has 3 heterocycles. The van der Waals surface area contributed by atoms with Crippen molar-refractivity contribution in [3.05, 3.63) is 53.7 Å². The predicted molar refractivity (Wildman–Crippen MR) is 121 cm³/mol. The molecule has 5 rings (SSSR count). The van der Waals surface area contributed by atoms with E-state index in [1.807, 2.05) is 35.7 Å². The number of amides is 1. The molecule has 30 heavy (non-hydrogen) atoms. The maximum atomic E-state index is 13.0. The molecule has 1 saturated carbocycles. The van der Waals surface area contributed by atoms with E-state index in [4.69, 9.17) is 5.73 Å². The molecule has 1 aliphatic carbocycles. The van der Waals surface area contributed by atoms with Gasteiger partial charge < -0.3 is 16.4 Å². The van der Waals surface area contributed by atoms with Crippen molar-refractivity contribution < 1.29 is 4.79 Å². The van der Waals surface area contributed by atoms with Crippen LogP contribution in [0.2, 0.25) is 0 Å². The van der Waals surface area contributed by atoms with E-state index < -0.39 is 0 Å². The molecule has 0 unspecified atom stereocenters. The summed E-state index contributed by atoms with van der Waals surface area (Å²) < 4.78 is 0.876. The standard InChI is InChI=1S/C22H22N6OS/c23-16-5-1-2-6-18(16)27-22-25-11-19-20(28-22)15(12-30-19)21(29)26-14-7-8-17-13(10-14)4-3-9-24-17/h3-4,7-12,16,18H,1-2,5-6,23H2,(H,26,29)(H,25,27,28)/t16-,18+/m1/s1. The Balaban J connectivity index is 1.39. The number of rotatable bonds is 4. The lowest BCUT2D eigenvalue weighted by Crippen LogP contribution is -2.42. The summed E-state index contributed by atoms with van der Waals surface area (Å²) in [6, 6.07) is 9.79. The average Bonchev–Trinajstić information content (AvgIpc) is 3.19. The predicted octanol–water partition coefficient (Wildman–Crippen LogP) is 4.17. The van der Waals surface area contributed by atoms with Crippen molar-refractivity contribution in [2.24, 2.45) is 5.73 Å². The van der Waals surface area contributed by atoms with E-state index >= 15 is 0 Å². The van der Waals surface area contributed by atoms with Crippen molar-refractivity contribution in [2.45, 2.75) is 37.8 Å². The van der Waals surface area contributed by atoms with Gasteiger partial charge in [0.05, 0.1) is 27.5 Å². The highest BCUT2D eigenvalue weighted by Gasteiger charge is 2.23. The molecular weight excluding hydrogens is 396 g/mol. The first-order valence-electron chi connectivity index (χ1n) is 10.1. The van der Waals surface area contributed by atoms with Gasteiger partial charge in [-0.05, 0) is 37.1 Å². The lowest BCUT2D eigenvalue weighted by atomic mass is 9.91. The number of hydrogen-bond donors (Lipinski definition) is 3. The minimum atomic E-state index is -0.191. The summed E-state index contributed by atoms with van der Waals surface area (Å²) in [6.45, 7) is 0. The Morgan fingerprint density at radius 3 is 2.97 bits per heavy atom. The van der Waals surface area contributed by atoms with E-state index in [2.05, 4.69) is 25.6 Å². The van der Waals surface area contributed by atoms with Crippen LogP contribution < -0.4 is 16.4 Å². The minimum absolute atomic E-state index is 0.102. The number of nitrogens with zero attached hydrogens (tertiary/aromatic N) is 3. The van der Waals surface area contributed by atoms with Gasteiger partial charge in [-0.15, -0.1) is 11.3 Å². The van der Waals surface area contributed by atoms with E-state index in [0.29, 0.717) is 17.0 Å². The number of fused-ring (bicyclic) bond motifs is 2. The second kappa shape index (κ2) is 7.97. The van der Waals surface area contributed by atoms with Crippen LogP contribution in [0.25, 0.3) is 21.1 Å². The van der Waals surface area contributed by atoms with Gasteiger partial charge in [0.15, 0.2) is 0 Å². The van der Waals surface area contributed by atoms with Crippen LogP contribution in [0.4, 0.5) is 11.6 Å². The van der Waals surface area contributed by atoms with Crippen LogP contribution in [0, 0.1) is 0 Å². The Bertz CT molecular complexity index is 1220. The quantitative estimate of drug-likeness (QED) is 0.459. The largest absolute Gasteiger partial charge is 0.350 e. The van der Waals surface area contributed by atoms with E-state index in [1.165, 1.54) is 17.8 Å². The SMILES string of the molecule is N[C@@H]1CCCC[C@@H]1Nc1ncc2scc(C(=O)Nc3ccc4ncccc4c3)c2n1. The summed E-state index contributed by atoms with van der Waals surface area (Å²) in [6.07, 6.45) is 7.86. The summed E-state index contributed by atoms with van der Waals surface area (Å²) in [4.78, 5) is 26.3. The smallest absolute Gasteiger partial charge is 0.258 e. The summed E-state index contributed by atoms with van der Waals surface area (Å²) in [7, 11) is 0. The second-order valence-electron chi connectivity index (χ2n) is 7.62. The van der Waals surface area contributed by atoms with Gasteiger partial charge in [-0.3, -0.25) is 9.78 Å². The summed E-state index contributed by atoms with van der Waals surface area (Å²) >= 11 is 1.46. The van der Waals surface area contributed by atoms with Gasteiger partial charge in [0, 0.05) is 34.7 Å². The number of nitrogens with two attached hydrogens (primary N) is 1. The maximum absolute atomic E-state index is 13.0. The number of carbonyl (C=O) groups excluding carboxylic acids is 1. The minimum Gasteiger partial charge on any atom is -0.350 e. The fraction of sp³-hybridized carbons (Fsp3) is 0.273. The van der Waals surface area contributed by atoms with E-state index in [0.717, 1.165) is 40.6 Å². The molecule has 0 saturated heterocycles. The Hall–Kier alpha value is -3.10. The number of benzene rings is 1. The van der Waals surface area contributed by atoms with Gasteiger partial charge in [0.1, 0.15) is 0 Å². The van der Waals surface area contributed by atoms with Gasteiger partial charge in [0.2, 0.25) is 5.95 Å². The van der Waals surface area contributed by atoms with Crippen LogP contribution >= 0.6 is 11.3 Å². The fourth-order valence-corrected chi connectivity index (χ4v) is 4.76. The van der Waals surface area contributed by atoms with Gasteiger partial charge >= 0.3 is 0 Å². The highest BCUT2D eigenvalue weighted by atomic mass is 32.1. The zero-order valence-corrected chi connectivity index (χ0v) is 17.2. The van der Waals surface area contributed by atoms with Crippen molar-refractivity contribution in [2.75, 3.05) is 10.6 Å². The maximum Gasteiger partial charge on any atom is 0.258 e. The van der Waals surface area contributed by atoms with Crippen LogP contribution in [0.5, 0.6) is 0 Å². The Kier molecular flexibility index (Phi) is 5.02. The van der Waals surface area contributed by atoms with Crippen molar-refractivity contribution >= 4 is 50.0 Å². The zero-order chi connectivity index (χ0) is 20.5. The number of anilines is 2. The lowest BCUT2D eigenvalue weighted by molar-refractivity contribution is 0.102. The van der Waals surface area contributed by atoms with Crippen molar-refractivity contribution in [3.8, 4) is 0 Å². The molecular formula is C22H22N6OS. The van der Waals surface area contributed by atoms with Crippen LogP contribution in [0.15, 0.2) is 48.1 Å².